The first-order valence-electron chi connectivity index (χ1n) is 8.74. The average molecular weight is 302 g/mol. The molecule has 3 rings (SSSR count). The zero-order valence-corrected chi connectivity index (χ0v) is 13.8. The van der Waals surface area contributed by atoms with Crippen molar-refractivity contribution >= 4 is 11.4 Å². The third-order valence-electron chi connectivity index (χ3n) is 5.22. The quantitative estimate of drug-likeness (QED) is 0.896. The van der Waals surface area contributed by atoms with E-state index in [0.717, 1.165) is 38.6 Å². The summed E-state index contributed by atoms with van der Waals surface area (Å²) in [5.41, 5.74) is 8.56. The van der Waals surface area contributed by atoms with Gasteiger partial charge >= 0.3 is 0 Å². The van der Waals surface area contributed by atoms with E-state index in [1.165, 1.54) is 37.1 Å². The zero-order chi connectivity index (χ0) is 15.4. The summed E-state index contributed by atoms with van der Waals surface area (Å²) in [5, 5.41) is 3.60. The highest BCUT2D eigenvalue weighted by Gasteiger charge is 2.18. The Kier molecular flexibility index (Phi) is 5.21. The van der Waals surface area contributed by atoms with Gasteiger partial charge in [0.15, 0.2) is 0 Å². The van der Waals surface area contributed by atoms with Crippen molar-refractivity contribution in [2.45, 2.75) is 31.7 Å². The maximum atomic E-state index is 5.97. The lowest BCUT2D eigenvalue weighted by molar-refractivity contribution is 0.313. The van der Waals surface area contributed by atoms with E-state index in [9.17, 15) is 0 Å². The van der Waals surface area contributed by atoms with Crippen LogP contribution >= 0.6 is 0 Å². The topological polar surface area (TPSA) is 44.5 Å². The predicted molar refractivity (Wildman–Crippen MR) is 94.6 cm³/mol. The average Bonchev–Trinajstić information content (AvgIpc) is 2.56. The van der Waals surface area contributed by atoms with Gasteiger partial charge in [0.1, 0.15) is 0 Å². The van der Waals surface area contributed by atoms with Crippen LogP contribution in [0.5, 0.6) is 0 Å². The Balaban J connectivity index is 1.47. The van der Waals surface area contributed by atoms with E-state index in [0.29, 0.717) is 6.04 Å². The maximum absolute atomic E-state index is 5.97. The molecule has 2 fully saturated rings. The number of likely N-dealkylation sites (N-methyl/N-ethyl adjacent to an activating group) is 1. The van der Waals surface area contributed by atoms with Crippen LogP contribution in [0.3, 0.4) is 0 Å². The van der Waals surface area contributed by atoms with Crippen molar-refractivity contribution in [3.05, 3.63) is 24.3 Å². The minimum absolute atomic E-state index is 0.444. The van der Waals surface area contributed by atoms with Crippen molar-refractivity contribution in [2.75, 3.05) is 50.0 Å². The molecular weight excluding hydrogens is 272 g/mol. The smallest absolute Gasteiger partial charge is 0.0368 e. The number of hydrogen-bond acceptors (Lipinski definition) is 4. The van der Waals surface area contributed by atoms with E-state index < -0.39 is 0 Å². The second kappa shape index (κ2) is 7.34. The lowest BCUT2D eigenvalue weighted by atomic mass is 9.86. The second-order valence-corrected chi connectivity index (χ2v) is 7.00. The van der Waals surface area contributed by atoms with E-state index in [1.807, 2.05) is 0 Å². The molecule has 4 heteroatoms. The maximum Gasteiger partial charge on any atom is 0.0368 e. The Labute approximate surface area is 134 Å². The first kappa shape index (κ1) is 15.6. The van der Waals surface area contributed by atoms with E-state index in [4.69, 9.17) is 5.73 Å². The van der Waals surface area contributed by atoms with Crippen LogP contribution in [-0.4, -0.2) is 50.7 Å². The number of anilines is 2. The largest absolute Gasteiger partial charge is 0.385 e. The highest BCUT2D eigenvalue weighted by atomic mass is 15.2. The number of piperazine rings is 1. The van der Waals surface area contributed by atoms with Gasteiger partial charge in [-0.1, -0.05) is 0 Å². The summed E-state index contributed by atoms with van der Waals surface area (Å²) in [6, 6.07) is 9.40. The highest BCUT2D eigenvalue weighted by molar-refractivity contribution is 5.55. The SMILES string of the molecule is CN1CCN(c2ccc(NC[C@H]3CC[C@H](N)CC3)cc2)CC1. The van der Waals surface area contributed by atoms with Crippen LogP contribution < -0.4 is 16.0 Å². The van der Waals surface area contributed by atoms with Crippen LogP contribution in [0.1, 0.15) is 25.7 Å². The monoisotopic (exact) mass is 302 g/mol. The Morgan fingerprint density at radius 2 is 1.64 bits per heavy atom. The van der Waals surface area contributed by atoms with Crippen LogP contribution in [0.15, 0.2) is 24.3 Å². The fourth-order valence-corrected chi connectivity index (χ4v) is 3.51. The normalized spacial score (nSPS) is 26.9. The van der Waals surface area contributed by atoms with Gasteiger partial charge in [-0.05, 0) is 62.9 Å². The van der Waals surface area contributed by atoms with Gasteiger partial charge in [-0.3, -0.25) is 0 Å². The molecule has 0 amide bonds. The van der Waals surface area contributed by atoms with Crippen LogP contribution in [0.2, 0.25) is 0 Å². The van der Waals surface area contributed by atoms with Crippen LogP contribution in [0, 0.1) is 5.92 Å². The molecule has 1 aromatic rings. The third-order valence-corrected chi connectivity index (χ3v) is 5.22. The molecule has 1 aliphatic heterocycles. The molecule has 2 aliphatic rings. The molecule has 0 radical (unpaired) electrons. The number of nitrogens with two attached hydrogens (primary N) is 1. The molecule has 0 aromatic heterocycles. The molecule has 1 saturated heterocycles. The molecule has 122 valence electrons. The highest BCUT2D eigenvalue weighted by Crippen LogP contribution is 2.24. The third kappa shape index (κ3) is 4.14. The van der Waals surface area contributed by atoms with Gasteiger partial charge in [0.2, 0.25) is 0 Å². The van der Waals surface area contributed by atoms with Gasteiger partial charge in [-0.15, -0.1) is 0 Å². The minimum atomic E-state index is 0.444. The second-order valence-electron chi connectivity index (χ2n) is 7.00. The van der Waals surface area contributed by atoms with Gasteiger partial charge < -0.3 is 20.9 Å². The Bertz CT molecular complexity index is 443. The van der Waals surface area contributed by atoms with E-state index in [1.54, 1.807) is 0 Å². The molecule has 0 unspecified atom stereocenters. The van der Waals surface area contributed by atoms with Crippen molar-refractivity contribution in [3.63, 3.8) is 0 Å². The van der Waals surface area contributed by atoms with Gasteiger partial charge in [0.05, 0.1) is 0 Å². The van der Waals surface area contributed by atoms with Crippen LogP contribution in [0.25, 0.3) is 0 Å². The summed E-state index contributed by atoms with van der Waals surface area (Å²) in [5.74, 6) is 0.789. The Morgan fingerprint density at radius 1 is 1.00 bits per heavy atom. The summed E-state index contributed by atoms with van der Waals surface area (Å²) in [7, 11) is 2.20. The molecule has 1 aliphatic carbocycles. The molecular formula is C18H30N4. The van der Waals surface area contributed by atoms with Gasteiger partial charge in [0, 0.05) is 50.1 Å². The van der Waals surface area contributed by atoms with Crippen molar-refractivity contribution in [2.24, 2.45) is 11.7 Å². The standard InChI is InChI=1S/C18H30N4/c1-21-10-12-22(13-11-21)18-8-6-17(7-9-18)20-14-15-2-4-16(19)5-3-15/h6-9,15-16,20H,2-5,10-14,19H2,1H3/t15-,16-. The van der Waals surface area contributed by atoms with Gasteiger partial charge in [-0.2, -0.15) is 0 Å². The first-order valence-corrected chi connectivity index (χ1v) is 8.74. The van der Waals surface area contributed by atoms with Crippen LogP contribution in [-0.2, 0) is 0 Å². The number of rotatable bonds is 4. The Hall–Kier alpha value is -1.26. The number of nitrogens with zero attached hydrogens (tertiary/aromatic N) is 2. The summed E-state index contributed by atoms with van der Waals surface area (Å²) in [4.78, 5) is 4.87. The van der Waals surface area contributed by atoms with E-state index in [-0.39, 0.29) is 0 Å². The number of nitrogens with one attached hydrogen (secondary N) is 1. The minimum Gasteiger partial charge on any atom is -0.385 e. The van der Waals surface area contributed by atoms with Crippen molar-refractivity contribution in [3.8, 4) is 0 Å². The molecule has 1 heterocycles. The zero-order valence-electron chi connectivity index (χ0n) is 13.8. The summed E-state index contributed by atoms with van der Waals surface area (Å²) in [6.07, 6.45) is 4.92. The van der Waals surface area contributed by atoms with Crippen molar-refractivity contribution < 1.29 is 0 Å². The molecule has 1 aromatic carbocycles. The summed E-state index contributed by atoms with van der Waals surface area (Å²) < 4.78 is 0. The Morgan fingerprint density at radius 3 is 2.27 bits per heavy atom. The summed E-state index contributed by atoms with van der Waals surface area (Å²) >= 11 is 0. The molecule has 1 saturated carbocycles. The van der Waals surface area contributed by atoms with E-state index in [2.05, 4.69) is 46.4 Å². The fraction of sp³-hybridized carbons (Fsp3) is 0.667. The van der Waals surface area contributed by atoms with Gasteiger partial charge in [-0.25, -0.2) is 0 Å². The number of hydrogen-bond donors (Lipinski definition) is 2. The van der Waals surface area contributed by atoms with Crippen molar-refractivity contribution in [1.82, 2.24) is 4.90 Å². The van der Waals surface area contributed by atoms with E-state index >= 15 is 0 Å². The lowest BCUT2D eigenvalue weighted by Gasteiger charge is -2.34. The molecule has 3 N–H and O–H groups in total. The molecule has 0 spiro atoms. The molecule has 0 atom stereocenters. The molecule has 22 heavy (non-hydrogen) atoms. The lowest BCUT2D eigenvalue weighted by Crippen LogP contribution is -2.44. The van der Waals surface area contributed by atoms with Crippen LogP contribution in [0.4, 0.5) is 11.4 Å². The van der Waals surface area contributed by atoms with Crippen molar-refractivity contribution in [1.29, 1.82) is 0 Å². The fourth-order valence-electron chi connectivity index (χ4n) is 3.51. The summed E-state index contributed by atoms with van der Waals surface area (Å²) in [6.45, 7) is 5.66. The molecule has 4 nitrogen and oxygen atoms in total. The van der Waals surface area contributed by atoms with Gasteiger partial charge in [0.25, 0.3) is 0 Å². The predicted octanol–water partition coefficient (Wildman–Crippen LogP) is 2.37. The first-order chi connectivity index (χ1) is 10.7. The molecule has 0 bridgehead atoms. The number of benzene rings is 1.